The Balaban J connectivity index is 2.12. The molecule has 1 fully saturated rings. The van der Waals surface area contributed by atoms with E-state index in [0.29, 0.717) is 0 Å². The van der Waals surface area contributed by atoms with Crippen molar-refractivity contribution in [3.63, 3.8) is 0 Å². The van der Waals surface area contributed by atoms with Gasteiger partial charge in [-0.25, -0.2) is 5.73 Å². The molecule has 1 unspecified atom stereocenters. The van der Waals surface area contributed by atoms with E-state index in [-0.39, 0.29) is 5.91 Å². The van der Waals surface area contributed by atoms with E-state index in [1.807, 2.05) is 4.90 Å². The van der Waals surface area contributed by atoms with Crippen LogP contribution in [-0.4, -0.2) is 29.9 Å². The Kier molecular flexibility index (Phi) is 7.25. The first-order valence-electron chi connectivity index (χ1n) is 7.25. The summed E-state index contributed by atoms with van der Waals surface area (Å²) < 4.78 is 0. The Morgan fingerprint density at radius 3 is 2.41 bits per heavy atom. The lowest BCUT2D eigenvalue weighted by Crippen LogP contribution is -2.42. The van der Waals surface area contributed by atoms with Gasteiger partial charge in [-0.15, -0.1) is 0 Å². The smallest absolute Gasteiger partial charge is 0.241 e. The Morgan fingerprint density at radius 1 is 1.12 bits per heavy atom. The number of rotatable bonds is 7. The van der Waals surface area contributed by atoms with E-state index >= 15 is 0 Å². The first kappa shape index (κ1) is 14.5. The molecule has 17 heavy (non-hydrogen) atoms. The van der Waals surface area contributed by atoms with Crippen LogP contribution >= 0.6 is 0 Å². The quantitative estimate of drug-likeness (QED) is 0.630. The molecular formula is C14H27N2O. The van der Waals surface area contributed by atoms with Gasteiger partial charge in [0.2, 0.25) is 5.91 Å². The minimum Gasteiger partial charge on any atom is -0.341 e. The summed E-state index contributed by atoms with van der Waals surface area (Å²) >= 11 is 0. The zero-order chi connectivity index (χ0) is 12.5. The molecule has 1 rings (SSSR count). The van der Waals surface area contributed by atoms with E-state index < -0.39 is 6.04 Å². The fourth-order valence-electron chi connectivity index (χ4n) is 2.41. The molecule has 1 heterocycles. The van der Waals surface area contributed by atoms with Gasteiger partial charge in [0.15, 0.2) is 0 Å². The van der Waals surface area contributed by atoms with Crippen molar-refractivity contribution in [3.8, 4) is 0 Å². The van der Waals surface area contributed by atoms with Crippen LogP contribution in [0, 0.1) is 0 Å². The van der Waals surface area contributed by atoms with E-state index in [1.54, 1.807) is 0 Å². The zero-order valence-electron chi connectivity index (χ0n) is 11.2. The summed E-state index contributed by atoms with van der Waals surface area (Å²) in [6.45, 7) is 3.96. The van der Waals surface area contributed by atoms with Crippen LogP contribution in [-0.2, 0) is 4.79 Å². The molecule has 1 aliphatic heterocycles. The Bertz CT molecular complexity index is 212. The topological polar surface area (TPSA) is 44.1 Å². The van der Waals surface area contributed by atoms with Crippen LogP contribution in [0.2, 0.25) is 0 Å². The molecule has 1 atom stereocenters. The van der Waals surface area contributed by atoms with Crippen molar-refractivity contribution in [3.05, 3.63) is 0 Å². The van der Waals surface area contributed by atoms with Crippen molar-refractivity contribution < 1.29 is 4.79 Å². The van der Waals surface area contributed by atoms with Gasteiger partial charge in [-0.1, -0.05) is 39.0 Å². The Hall–Kier alpha value is -0.570. The summed E-state index contributed by atoms with van der Waals surface area (Å²) in [6.07, 6.45) is 10.2. The van der Waals surface area contributed by atoms with Gasteiger partial charge in [-0.2, -0.15) is 0 Å². The second-order valence-corrected chi connectivity index (χ2v) is 5.14. The monoisotopic (exact) mass is 239 g/mol. The molecule has 1 aliphatic rings. The normalized spacial score (nSPS) is 18.1. The molecule has 0 aromatic rings. The maximum absolute atomic E-state index is 12.0. The van der Waals surface area contributed by atoms with Crippen LogP contribution in [0.4, 0.5) is 0 Å². The highest BCUT2D eigenvalue weighted by atomic mass is 16.2. The Labute approximate surface area is 106 Å². The van der Waals surface area contributed by atoms with E-state index in [2.05, 4.69) is 6.92 Å². The number of hydrogen-bond donors (Lipinski definition) is 0. The maximum atomic E-state index is 12.0. The number of likely N-dealkylation sites (tertiary alicyclic amines) is 1. The van der Waals surface area contributed by atoms with Crippen molar-refractivity contribution in [2.45, 2.75) is 70.8 Å². The first-order chi connectivity index (χ1) is 8.25. The van der Waals surface area contributed by atoms with Crippen LogP contribution in [0.15, 0.2) is 0 Å². The largest absolute Gasteiger partial charge is 0.341 e. The molecule has 1 N–H and O–H groups in total. The van der Waals surface area contributed by atoms with Gasteiger partial charge in [-0.3, -0.25) is 4.79 Å². The number of amides is 1. The number of piperidine rings is 1. The third-order valence-corrected chi connectivity index (χ3v) is 3.56. The van der Waals surface area contributed by atoms with Gasteiger partial charge in [-0.05, 0) is 25.7 Å². The molecule has 3 heteroatoms. The molecule has 0 aliphatic carbocycles. The number of nitrogens with zero attached hydrogens (tertiary/aromatic N) is 1. The third kappa shape index (κ3) is 5.53. The molecule has 3 nitrogen and oxygen atoms in total. The molecule has 0 aromatic carbocycles. The van der Waals surface area contributed by atoms with E-state index in [0.717, 1.165) is 38.8 Å². The molecule has 0 aromatic heterocycles. The lowest BCUT2D eigenvalue weighted by atomic mass is 10.0. The predicted octanol–water partition coefficient (Wildman–Crippen LogP) is 3.01. The maximum Gasteiger partial charge on any atom is 0.241 e. The van der Waals surface area contributed by atoms with Gasteiger partial charge in [0.25, 0.3) is 0 Å². The molecule has 0 saturated carbocycles. The van der Waals surface area contributed by atoms with Crippen LogP contribution in [0.1, 0.15) is 64.7 Å². The van der Waals surface area contributed by atoms with Crippen molar-refractivity contribution in [2.24, 2.45) is 0 Å². The lowest BCUT2D eigenvalue weighted by Gasteiger charge is -2.28. The number of carbonyl (C=O) groups excluding carboxylic acids is 1. The number of carbonyl (C=O) groups is 1. The SMILES string of the molecule is CCCCCCCC([NH])C(=O)N1CCCCC1. The lowest BCUT2D eigenvalue weighted by molar-refractivity contribution is -0.133. The van der Waals surface area contributed by atoms with Gasteiger partial charge in [0.05, 0.1) is 0 Å². The molecule has 1 radical (unpaired) electrons. The van der Waals surface area contributed by atoms with E-state index in [9.17, 15) is 4.79 Å². The summed E-state index contributed by atoms with van der Waals surface area (Å²) in [5.74, 6) is 0.0696. The van der Waals surface area contributed by atoms with Crippen LogP contribution in [0.5, 0.6) is 0 Å². The van der Waals surface area contributed by atoms with Crippen molar-refractivity contribution in [1.29, 1.82) is 0 Å². The summed E-state index contributed by atoms with van der Waals surface area (Å²) in [7, 11) is 0. The fraction of sp³-hybridized carbons (Fsp3) is 0.929. The second-order valence-electron chi connectivity index (χ2n) is 5.14. The average Bonchev–Trinajstić information content (AvgIpc) is 2.38. The van der Waals surface area contributed by atoms with Crippen molar-refractivity contribution in [1.82, 2.24) is 10.6 Å². The summed E-state index contributed by atoms with van der Waals surface area (Å²) in [5.41, 5.74) is 7.90. The summed E-state index contributed by atoms with van der Waals surface area (Å²) in [5, 5.41) is 0. The van der Waals surface area contributed by atoms with E-state index in [1.165, 1.54) is 32.1 Å². The average molecular weight is 239 g/mol. The van der Waals surface area contributed by atoms with Gasteiger partial charge >= 0.3 is 0 Å². The molecule has 1 amide bonds. The second kappa shape index (κ2) is 8.51. The minimum atomic E-state index is -0.505. The molecular weight excluding hydrogens is 212 g/mol. The highest BCUT2D eigenvalue weighted by Gasteiger charge is 2.22. The molecule has 0 bridgehead atoms. The van der Waals surface area contributed by atoms with Crippen LogP contribution in [0.3, 0.4) is 0 Å². The zero-order valence-corrected chi connectivity index (χ0v) is 11.2. The van der Waals surface area contributed by atoms with Gasteiger partial charge in [0.1, 0.15) is 6.04 Å². The highest BCUT2D eigenvalue weighted by molar-refractivity contribution is 5.81. The summed E-state index contributed by atoms with van der Waals surface area (Å²) in [6, 6.07) is -0.505. The fourth-order valence-corrected chi connectivity index (χ4v) is 2.41. The highest BCUT2D eigenvalue weighted by Crippen LogP contribution is 2.13. The van der Waals surface area contributed by atoms with Crippen molar-refractivity contribution in [2.75, 3.05) is 13.1 Å². The predicted molar refractivity (Wildman–Crippen MR) is 70.7 cm³/mol. The van der Waals surface area contributed by atoms with Gasteiger partial charge in [0, 0.05) is 13.1 Å². The Morgan fingerprint density at radius 2 is 1.76 bits per heavy atom. The van der Waals surface area contributed by atoms with Crippen LogP contribution in [0.25, 0.3) is 0 Å². The molecule has 99 valence electrons. The number of unbranched alkanes of at least 4 members (excludes halogenated alkanes) is 4. The third-order valence-electron chi connectivity index (χ3n) is 3.56. The van der Waals surface area contributed by atoms with Crippen molar-refractivity contribution >= 4 is 5.91 Å². The standard InChI is InChI=1S/C14H27N2O/c1-2-3-4-5-7-10-13(15)14(17)16-11-8-6-9-12-16/h13,15H,2-12H2,1H3. The summed E-state index contributed by atoms with van der Waals surface area (Å²) in [4.78, 5) is 13.9. The van der Waals surface area contributed by atoms with Gasteiger partial charge < -0.3 is 4.90 Å². The minimum absolute atomic E-state index is 0.0696. The van der Waals surface area contributed by atoms with Crippen LogP contribution < -0.4 is 5.73 Å². The molecule has 1 saturated heterocycles. The first-order valence-corrected chi connectivity index (χ1v) is 7.25. The number of nitrogens with one attached hydrogen (secondary N) is 1. The number of hydrogen-bond acceptors (Lipinski definition) is 1. The van der Waals surface area contributed by atoms with E-state index in [4.69, 9.17) is 5.73 Å². The molecule has 0 spiro atoms.